The predicted octanol–water partition coefficient (Wildman–Crippen LogP) is 3.82. The molecule has 1 heteroatoms. The van der Waals surface area contributed by atoms with Crippen LogP contribution in [0, 0.1) is 29.6 Å². The monoisotopic (exact) mass is 220 g/mol. The van der Waals surface area contributed by atoms with Gasteiger partial charge in [0.2, 0.25) is 0 Å². The Balaban J connectivity index is 2.06. The van der Waals surface area contributed by atoms with Crippen LogP contribution in [0.25, 0.3) is 0 Å². The first kappa shape index (κ1) is 13.3. The van der Waals surface area contributed by atoms with E-state index in [1.807, 2.05) is 0 Å². The molecule has 1 saturated carbocycles. The van der Waals surface area contributed by atoms with Gasteiger partial charge in [-0.2, -0.15) is 0 Å². The van der Waals surface area contributed by atoms with E-state index in [0.717, 1.165) is 25.0 Å². The SMILES string of the molecule is CCCCCC(C)C#CCC1CC1CC=O. The van der Waals surface area contributed by atoms with Crippen LogP contribution in [0.4, 0.5) is 0 Å². The topological polar surface area (TPSA) is 17.1 Å². The zero-order valence-electron chi connectivity index (χ0n) is 10.7. The Labute approximate surface area is 100 Å². The lowest BCUT2D eigenvalue weighted by molar-refractivity contribution is -0.108. The molecule has 0 N–H and O–H groups in total. The molecule has 1 fully saturated rings. The third-order valence-electron chi connectivity index (χ3n) is 3.42. The Bertz CT molecular complexity index is 258. The minimum Gasteiger partial charge on any atom is -0.303 e. The van der Waals surface area contributed by atoms with Crippen molar-refractivity contribution in [3.8, 4) is 11.8 Å². The van der Waals surface area contributed by atoms with Gasteiger partial charge in [0.25, 0.3) is 0 Å². The van der Waals surface area contributed by atoms with Crippen molar-refractivity contribution in [2.45, 2.75) is 58.8 Å². The highest BCUT2D eigenvalue weighted by Crippen LogP contribution is 2.42. The first-order valence-corrected chi connectivity index (χ1v) is 6.70. The number of hydrogen-bond donors (Lipinski definition) is 0. The van der Waals surface area contributed by atoms with Crippen LogP contribution in [0.1, 0.15) is 58.8 Å². The van der Waals surface area contributed by atoms with E-state index in [9.17, 15) is 4.79 Å². The Morgan fingerprint density at radius 2 is 2.19 bits per heavy atom. The quantitative estimate of drug-likeness (QED) is 0.362. The van der Waals surface area contributed by atoms with Crippen LogP contribution in [0.5, 0.6) is 0 Å². The van der Waals surface area contributed by atoms with Crippen molar-refractivity contribution in [3.63, 3.8) is 0 Å². The molecular formula is C15H24O. The molecule has 1 aliphatic rings. The van der Waals surface area contributed by atoms with Gasteiger partial charge in [-0.15, -0.1) is 11.8 Å². The van der Waals surface area contributed by atoms with E-state index < -0.39 is 0 Å². The molecule has 1 rings (SSSR count). The van der Waals surface area contributed by atoms with Gasteiger partial charge >= 0.3 is 0 Å². The van der Waals surface area contributed by atoms with Gasteiger partial charge in [-0.25, -0.2) is 0 Å². The van der Waals surface area contributed by atoms with Crippen LogP contribution in [-0.4, -0.2) is 6.29 Å². The maximum Gasteiger partial charge on any atom is 0.120 e. The van der Waals surface area contributed by atoms with Gasteiger partial charge in [-0.1, -0.05) is 33.1 Å². The van der Waals surface area contributed by atoms with Gasteiger partial charge in [0.15, 0.2) is 0 Å². The van der Waals surface area contributed by atoms with Crippen LogP contribution in [0.2, 0.25) is 0 Å². The second-order valence-corrected chi connectivity index (χ2v) is 5.08. The fourth-order valence-corrected chi connectivity index (χ4v) is 2.11. The van der Waals surface area contributed by atoms with Crippen molar-refractivity contribution >= 4 is 6.29 Å². The third-order valence-corrected chi connectivity index (χ3v) is 3.42. The average Bonchev–Trinajstić information content (AvgIpc) is 2.98. The zero-order chi connectivity index (χ0) is 11.8. The molecule has 16 heavy (non-hydrogen) atoms. The van der Waals surface area contributed by atoms with Crippen LogP contribution in [0.15, 0.2) is 0 Å². The molecule has 0 spiro atoms. The molecule has 1 aliphatic carbocycles. The highest BCUT2D eigenvalue weighted by atomic mass is 16.1. The summed E-state index contributed by atoms with van der Waals surface area (Å²) < 4.78 is 0. The average molecular weight is 220 g/mol. The highest BCUT2D eigenvalue weighted by Gasteiger charge is 2.35. The Morgan fingerprint density at radius 3 is 2.88 bits per heavy atom. The largest absolute Gasteiger partial charge is 0.303 e. The smallest absolute Gasteiger partial charge is 0.120 e. The molecular weight excluding hydrogens is 196 g/mol. The van der Waals surface area contributed by atoms with Crippen LogP contribution in [0.3, 0.4) is 0 Å². The lowest BCUT2D eigenvalue weighted by Crippen LogP contribution is -1.90. The summed E-state index contributed by atoms with van der Waals surface area (Å²) in [7, 11) is 0. The first-order valence-electron chi connectivity index (χ1n) is 6.70. The molecule has 0 aliphatic heterocycles. The molecule has 3 unspecified atom stereocenters. The van der Waals surface area contributed by atoms with Crippen molar-refractivity contribution in [3.05, 3.63) is 0 Å². The standard InChI is InChI=1S/C15H24O/c1-3-4-5-7-13(2)8-6-9-14-12-15(14)10-11-16/h11,13-15H,3-5,7,9-10,12H2,1-2H3. The van der Waals surface area contributed by atoms with E-state index in [2.05, 4.69) is 25.7 Å². The Kier molecular flexibility index (Phi) is 6.23. The third kappa shape index (κ3) is 5.35. The van der Waals surface area contributed by atoms with E-state index in [0.29, 0.717) is 11.8 Å². The van der Waals surface area contributed by atoms with Gasteiger partial charge in [0.1, 0.15) is 6.29 Å². The Hall–Kier alpha value is -0.770. The molecule has 3 atom stereocenters. The van der Waals surface area contributed by atoms with E-state index in [1.54, 1.807) is 0 Å². The van der Waals surface area contributed by atoms with Gasteiger partial charge in [0.05, 0.1) is 0 Å². The molecule has 0 bridgehead atoms. The molecule has 0 radical (unpaired) electrons. The minimum atomic E-state index is 0.551. The molecule has 90 valence electrons. The number of rotatable bonds is 7. The van der Waals surface area contributed by atoms with E-state index >= 15 is 0 Å². The summed E-state index contributed by atoms with van der Waals surface area (Å²) in [5.74, 6) is 8.56. The number of carbonyl (C=O) groups excluding carboxylic acids is 1. The summed E-state index contributed by atoms with van der Waals surface area (Å²) in [5.41, 5.74) is 0. The summed E-state index contributed by atoms with van der Waals surface area (Å²) >= 11 is 0. The first-order chi connectivity index (χ1) is 7.77. The van der Waals surface area contributed by atoms with E-state index in [-0.39, 0.29) is 0 Å². The van der Waals surface area contributed by atoms with Crippen LogP contribution in [-0.2, 0) is 4.79 Å². The van der Waals surface area contributed by atoms with E-state index in [4.69, 9.17) is 0 Å². The van der Waals surface area contributed by atoms with Gasteiger partial charge in [0, 0.05) is 18.8 Å². The molecule has 0 aromatic rings. The lowest BCUT2D eigenvalue weighted by Gasteiger charge is -2.01. The maximum absolute atomic E-state index is 10.3. The summed E-state index contributed by atoms with van der Waals surface area (Å²) in [6.45, 7) is 4.45. The molecule has 0 aromatic carbocycles. The van der Waals surface area contributed by atoms with Gasteiger partial charge < -0.3 is 4.79 Å². The normalized spacial score (nSPS) is 24.4. The highest BCUT2D eigenvalue weighted by molar-refractivity contribution is 5.50. The summed E-state index contributed by atoms with van der Waals surface area (Å²) in [5, 5.41) is 0. The molecule has 0 heterocycles. The van der Waals surface area contributed by atoms with Crippen LogP contribution >= 0.6 is 0 Å². The Morgan fingerprint density at radius 1 is 1.38 bits per heavy atom. The second kappa shape index (κ2) is 7.49. The van der Waals surface area contributed by atoms with Gasteiger partial charge in [-0.05, 0) is 24.7 Å². The van der Waals surface area contributed by atoms with E-state index in [1.165, 1.54) is 32.1 Å². The van der Waals surface area contributed by atoms with Crippen molar-refractivity contribution in [1.82, 2.24) is 0 Å². The number of aldehydes is 1. The zero-order valence-corrected chi connectivity index (χ0v) is 10.7. The van der Waals surface area contributed by atoms with Crippen LogP contribution < -0.4 is 0 Å². The van der Waals surface area contributed by atoms with Crippen molar-refractivity contribution in [1.29, 1.82) is 0 Å². The number of hydrogen-bond acceptors (Lipinski definition) is 1. The summed E-state index contributed by atoms with van der Waals surface area (Å²) in [4.78, 5) is 10.3. The van der Waals surface area contributed by atoms with Crippen molar-refractivity contribution in [2.75, 3.05) is 0 Å². The number of carbonyl (C=O) groups is 1. The molecule has 0 saturated heterocycles. The second-order valence-electron chi connectivity index (χ2n) is 5.08. The van der Waals surface area contributed by atoms with Crippen molar-refractivity contribution < 1.29 is 4.79 Å². The molecule has 1 nitrogen and oxygen atoms in total. The molecule has 0 aromatic heterocycles. The lowest BCUT2D eigenvalue weighted by atomic mass is 10.0. The number of unbranched alkanes of at least 4 members (excludes halogenated alkanes) is 2. The summed E-state index contributed by atoms with van der Waals surface area (Å²) in [6.07, 6.45) is 9.19. The molecule has 0 amide bonds. The predicted molar refractivity (Wildman–Crippen MR) is 68.0 cm³/mol. The fourth-order valence-electron chi connectivity index (χ4n) is 2.11. The summed E-state index contributed by atoms with van der Waals surface area (Å²) in [6, 6.07) is 0. The maximum atomic E-state index is 10.3. The van der Waals surface area contributed by atoms with Gasteiger partial charge in [-0.3, -0.25) is 0 Å². The minimum absolute atomic E-state index is 0.551. The fraction of sp³-hybridized carbons (Fsp3) is 0.800. The van der Waals surface area contributed by atoms with Crippen molar-refractivity contribution in [2.24, 2.45) is 17.8 Å².